The Hall–Kier alpha value is -0.660. The molecule has 0 aromatic heterocycles. The van der Waals surface area contributed by atoms with Crippen molar-refractivity contribution in [2.75, 3.05) is 0 Å². The minimum Gasteiger partial charge on any atom is -0.284 e. The number of aliphatic imine (C=N–C) groups is 1. The Balaban J connectivity index is 2.75. The lowest BCUT2D eigenvalue weighted by atomic mass is 10.1. The molecular weight excluding hydrogens is 117 g/mol. The fourth-order valence-electron chi connectivity index (χ4n) is 0.867. The zero-order valence-electron chi connectivity index (χ0n) is 5.69. The molecule has 0 amide bonds. The summed E-state index contributed by atoms with van der Waals surface area (Å²) in [6, 6.07) is 0.268. The Morgan fingerprint density at radius 1 is 1.78 bits per heavy atom. The van der Waals surface area contributed by atoms with Gasteiger partial charge in [0.15, 0.2) is 0 Å². The average Bonchev–Trinajstić information content (AvgIpc) is 1.80. The van der Waals surface area contributed by atoms with Crippen molar-refractivity contribution in [3.63, 3.8) is 0 Å². The van der Waals surface area contributed by atoms with Crippen LogP contribution >= 0.6 is 0 Å². The van der Waals surface area contributed by atoms with Gasteiger partial charge in [-0.2, -0.15) is 0 Å². The number of hydrogen-bond donors (Lipinski definition) is 0. The minimum absolute atomic E-state index is 0.159. The quantitative estimate of drug-likeness (QED) is 0.472. The van der Waals surface area contributed by atoms with Crippen molar-refractivity contribution >= 4 is 5.71 Å². The van der Waals surface area contributed by atoms with E-state index in [0.717, 1.165) is 6.42 Å². The summed E-state index contributed by atoms with van der Waals surface area (Å²) in [7, 11) is 0. The van der Waals surface area contributed by atoms with Gasteiger partial charge in [0.2, 0.25) is 0 Å². The van der Waals surface area contributed by atoms with E-state index in [9.17, 15) is 4.39 Å². The number of halogens is 1. The van der Waals surface area contributed by atoms with Crippen LogP contribution in [-0.4, -0.2) is 11.8 Å². The summed E-state index contributed by atoms with van der Waals surface area (Å²) >= 11 is 0. The Bertz CT molecular complexity index is 170. The number of rotatable bonds is 0. The first-order valence-corrected chi connectivity index (χ1v) is 3.10. The molecule has 1 nitrogen and oxygen atoms in total. The Labute approximate surface area is 54.3 Å². The first-order chi connectivity index (χ1) is 4.20. The maximum absolute atomic E-state index is 12.5. The summed E-state index contributed by atoms with van der Waals surface area (Å²) in [4.78, 5) is 4.04. The van der Waals surface area contributed by atoms with Gasteiger partial charge in [0.05, 0.1) is 11.8 Å². The van der Waals surface area contributed by atoms with Crippen LogP contribution in [0.2, 0.25) is 0 Å². The zero-order valence-corrected chi connectivity index (χ0v) is 5.69. The molecule has 0 bridgehead atoms. The molecule has 1 atom stereocenters. The molecule has 0 fully saturated rings. The van der Waals surface area contributed by atoms with Crippen molar-refractivity contribution < 1.29 is 4.39 Å². The van der Waals surface area contributed by atoms with Crippen molar-refractivity contribution in [2.24, 2.45) is 4.99 Å². The number of allylic oxidation sites excluding steroid dienone is 1. The van der Waals surface area contributed by atoms with Gasteiger partial charge < -0.3 is 0 Å². The lowest BCUT2D eigenvalue weighted by Crippen LogP contribution is -2.07. The van der Waals surface area contributed by atoms with E-state index < -0.39 is 0 Å². The van der Waals surface area contributed by atoms with Crippen LogP contribution in [0.25, 0.3) is 0 Å². The van der Waals surface area contributed by atoms with Crippen LogP contribution < -0.4 is 0 Å². The van der Waals surface area contributed by atoms with Gasteiger partial charge in [0, 0.05) is 0 Å². The van der Waals surface area contributed by atoms with Gasteiger partial charge >= 0.3 is 0 Å². The third-order valence-electron chi connectivity index (χ3n) is 1.40. The molecule has 1 rings (SSSR count). The van der Waals surface area contributed by atoms with Gasteiger partial charge in [-0.3, -0.25) is 4.99 Å². The molecule has 0 unspecified atom stereocenters. The molecule has 1 aliphatic heterocycles. The van der Waals surface area contributed by atoms with Crippen LogP contribution in [0.5, 0.6) is 0 Å². The second kappa shape index (κ2) is 2.29. The van der Waals surface area contributed by atoms with Crippen molar-refractivity contribution in [3.8, 4) is 0 Å². The summed E-state index contributed by atoms with van der Waals surface area (Å²) < 4.78 is 12.5. The Morgan fingerprint density at radius 2 is 2.44 bits per heavy atom. The summed E-state index contributed by atoms with van der Waals surface area (Å²) in [5, 5.41) is 0. The minimum atomic E-state index is -0.159. The lowest BCUT2D eigenvalue weighted by molar-refractivity contribution is 0.638. The van der Waals surface area contributed by atoms with Crippen molar-refractivity contribution in [2.45, 2.75) is 26.3 Å². The molecule has 0 aromatic rings. The molecule has 0 radical (unpaired) electrons. The van der Waals surface area contributed by atoms with E-state index >= 15 is 0 Å². The molecule has 1 aliphatic rings. The Kier molecular flexibility index (Phi) is 1.65. The van der Waals surface area contributed by atoms with E-state index in [-0.39, 0.29) is 11.9 Å². The van der Waals surface area contributed by atoms with E-state index in [1.807, 2.05) is 6.92 Å². The topological polar surface area (TPSA) is 12.4 Å². The maximum atomic E-state index is 12.5. The number of dihydropyridines is 1. The SMILES string of the molecule is CC1=N[C@@H](C)CC=C1F. The second-order valence-corrected chi connectivity index (χ2v) is 2.35. The van der Waals surface area contributed by atoms with Gasteiger partial charge in [-0.15, -0.1) is 0 Å². The summed E-state index contributed by atoms with van der Waals surface area (Å²) in [5.74, 6) is -0.159. The molecule has 50 valence electrons. The molecule has 0 spiro atoms. The highest BCUT2D eigenvalue weighted by atomic mass is 19.1. The van der Waals surface area contributed by atoms with Crippen molar-refractivity contribution in [1.29, 1.82) is 0 Å². The van der Waals surface area contributed by atoms with Crippen LogP contribution in [0.3, 0.4) is 0 Å². The fraction of sp³-hybridized carbons (Fsp3) is 0.571. The van der Waals surface area contributed by atoms with Crippen molar-refractivity contribution in [1.82, 2.24) is 0 Å². The average molecular weight is 127 g/mol. The van der Waals surface area contributed by atoms with Crippen LogP contribution in [0.15, 0.2) is 16.9 Å². The molecule has 0 saturated heterocycles. The molecule has 1 heterocycles. The monoisotopic (exact) mass is 127 g/mol. The lowest BCUT2D eigenvalue weighted by Gasteiger charge is -2.09. The van der Waals surface area contributed by atoms with E-state index in [2.05, 4.69) is 4.99 Å². The van der Waals surface area contributed by atoms with E-state index in [1.54, 1.807) is 13.0 Å². The van der Waals surface area contributed by atoms with Gasteiger partial charge in [0.25, 0.3) is 0 Å². The first-order valence-electron chi connectivity index (χ1n) is 3.10. The van der Waals surface area contributed by atoms with Crippen LogP contribution in [0.4, 0.5) is 4.39 Å². The maximum Gasteiger partial charge on any atom is 0.140 e. The van der Waals surface area contributed by atoms with Gasteiger partial charge in [-0.25, -0.2) is 4.39 Å². The molecule has 0 aromatic carbocycles. The van der Waals surface area contributed by atoms with E-state index in [0.29, 0.717) is 5.71 Å². The highest BCUT2D eigenvalue weighted by Gasteiger charge is 2.08. The van der Waals surface area contributed by atoms with E-state index in [4.69, 9.17) is 0 Å². The number of hydrogen-bond acceptors (Lipinski definition) is 1. The molecule has 2 heteroatoms. The molecule has 9 heavy (non-hydrogen) atoms. The fourth-order valence-corrected chi connectivity index (χ4v) is 0.867. The molecular formula is C7H10FN. The Morgan fingerprint density at radius 3 is 2.89 bits per heavy atom. The highest BCUT2D eigenvalue weighted by molar-refractivity contribution is 5.96. The number of nitrogens with zero attached hydrogens (tertiary/aromatic N) is 1. The summed E-state index contributed by atoms with van der Waals surface area (Å²) in [6.07, 6.45) is 2.33. The highest BCUT2D eigenvalue weighted by Crippen LogP contribution is 2.12. The summed E-state index contributed by atoms with van der Waals surface area (Å²) in [5.41, 5.74) is 0.536. The van der Waals surface area contributed by atoms with Crippen LogP contribution in [0, 0.1) is 0 Å². The summed E-state index contributed by atoms with van der Waals surface area (Å²) in [6.45, 7) is 3.67. The first kappa shape index (κ1) is 6.46. The van der Waals surface area contributed by atoms with Gasteiger partial charge in [-0.05, 0) is 26.3 Å². The van der Waals surface area contributed by atoms with Crippen LogP contribution in [0.1, 0.15) is 20.3 Å². The third-order valence-corrected chi connectivity index (χ3v) is 1.40. The predicted molar refractivity (Wildman–Crippen MR) is 36.4 cm³/mol. The van der Waals surface area contributed by atoms with Gasteiger partial charge in [-0.1, -0.05) is 0 Å². The molecule has 0 saturated carbocycles. The van der Waals surface area contributed by atoms with Crippen molar-refractivity contribution in [3.05, 3.63) is 11.9 Å². The molecule has 0 N–H and O–H groups in total. The van der Waals surface area contributed by atoms with Crippen LogP contribution in [-0.2, 0) is 0 Å². The van der Waals surface area contributed by atoms with Gasteiger partial charge in [0.1, 0.15) is 5.83 Å². The third kappa shape index (κ3) is 1.37. The zero-order chi connectivity index (χ0) is 6.85. The smallest absolute Gasteiger partial charge is 0.140 e. The second-order valence-electron chi connectivity index (χ2n) is 2.35. The molecule has 0 aliphatic carbocycles. The standard InChI is InChI=1S/C7H10FN/c1-5-3-4-7(8)6(2)9-5/h4-5H,3H2,1-2H3/t5-/m0/s1. The van der Waals surface area contributed by atoms with E-state index in [1.165, 1.54) is 0 Å². The largest absolute Gasteiger partial charge is 0.284 e. The normalized spacial score (nSPS) is 27.2. The predicted octanol–water partition coefficient (Wildman–Crippen LogP) is 2.09.